The van der Waals surface area contributed by atoms with Gasteiger partial charge in [0.25, 0.3) is 5.69 Å². The molecule has 0 bridgehead atoms. The Morgan fingerprint density at radius 3 is 2.41 bits per heavy atom. The molecule has 4 nitrogen and oxygen atoms in total. The second kappa shape index (κ2) is 6.57. The Hall–Kier alpha value is -2.41. The highest BCUT2D eigenvalue weighted by molar-refractivity contribution is 9.10. The van der Waals surface area contributed by atoms with Crippen LogP contribution in [0.1, 0.15) is 15.9 Å². The summed E-state index contributed by atoms with van der Waals surface area (Å²) in [7, 11) is 0. The molecule has 0 N–H and O–H groups in total. The SMILES string of the molecule is O=C(/C=C/c1ccc(Br)c([N+](=O)[O-])c1)c1c(F)cccc1F. The van der Waals surface area contributed by atoms with Gasteiger partial charge in [0.15, 0.2) is 5.78 Å². The first-order valence-electron chi connectivity index (χ1n) is 6.00. The molecule has 0 fully saturated rings. The van der Waals surface area contributed by atoms with Crippen LogP contribution in [0.2, 0.25) is 0 Å². The van der Waals surface area contributed by atoms with Crippen molar-refractivity contribution in [2.75, 3.05) is 0 Å². The van der Waals surface area contributed by atoms with E-state index in [1.54, 1.807) is 0 Å². The number of hydrogen-bond acceptors (Lipinski definition) is 3. The van der Waals surface area contributed by atoms with Gasteiger partial charge in [0.2, 0.25) is 0 Å². The number of carbonyl (C=O) groups is 1. The van der Waals surface area contributed by atoms with Crippen LogP contribution >= 0.6 is 15.9 Å². The fourth-order valence-electron chi connectivity index (χ4n) is 1.76. The second-order valence-corrected chi connectivity index (χ2v) is 5.12. The van der Waals surface area contributed by atoms with Crippen LogP contribution < -0.4 is 0 Å². The van der Waals surface area contributed by atoms with Crippen molar-refractivity contribution in [2.45, 2.75) is 0 Å². The van der Waals surface area contributed by atoms with Crippen molar-refractivity contribution >= 4 is 33.5 Å². The average Bonchev–Trinajstić information content (AvgIpc) is 2.46. The van der Waals surface area contributed by atoms with Crippen molar-refractivity contribution in [3.05, 3.63) is 79.8 Å². The van der Waals surface area contributed by atoms with Gasteiger partial charge in [-0.05, 0) is 45.8 Å². The molecule has 2 rings (SSSR count). The Morgan fingerprint density at radius 1 is 1.18 bits per heavy atom. The number of nitrogens with zero attached hydrogens (tertiary/aromatic N) is 1. The van der Waals surface area contributed by atoms with Gasteiger partial charge in [-0.3, -0.25) is 14.9 Å². The van der Waals surface area contributed by atoms with Gasteiger partial charge in [0.1, 0.15) is 11.6 Å². The summed E-state index contributed by atoms with van der Waals surface area (Å²) in [6.07, 6.45) is 2.22. The molecule has 112 valence electrons. The van der Waals surface area contributed by atoms with E-state index < -0.39 is 27.9 Å². The number of hydrogen-bond donors (Lipinski definition) is 0. The van der Waals surface area contributed by atoms with Crippen LogP contribution in [0.4, 0.5) is 14.5 Å². The molecule has 0 atom stereocenters. The summed E-state index contributed by atoms with van der Waals surface area (Å²) < 4.78 is 27.2. The third-order valence-electron chi connectivity index (χ3n) is 2.80. The number of nitro benzene ring substituents is 1. The van der Waals surface area contributed by atoms with Gasteiger partial charge in [-0.25, -0.2) is 8.78 Å². The van der Waals surface area contributed by atoms with Crippen molar-refractivity contribution in [1.29, 1.82) is 0 Å². The normalized spacial score (nSPS) is 10.9. The van der Waals surface area contributed by atoms with E-state index >= 15 is 0 Å². The maximum Gasteiger partial charge on any atom is 0.284 e. The zero-order chi connectivity index (χ0) is 16.3. The predicted octanol–water partition coefficient (Wildman–Crippen LogP) is 4.53. The van der Waals surface area contributed by atoms with Crippen LogP contribution in [0.3, 0.4) is 0 Å². The van der Waals surface area contributed by atoms with Crippen LogP contribution in [-0.4, -0.2) is 10.7 Å². The standard InChI is InChI=1S/C15H8BrF2NO3/c16-10-6-4-9(8-13(10)19(21)22)5-7-14(20)15-11(17)2-1-3-12(15)18/h1-8H/b7-5+. The Kier molecular flexibility index (Phi) is 4.77. The molecule has 0 saturated heterocycles. The molecule has 7 heteroatoms. The molecule has 2 aromatic carbocycles. The van der Waals surface area contributed by atoms with Gasteiger partial charge in [0.05, 0.1) is 15.0 Å². The van der Waals surface area contributed by atoms with Gasteiger partial charge in [-0.15, -0.1) is 0 Å². The van der Waals surface area contributed by atoms with E-state index in [2.05, 4.69) is 15.9 Å². The zero-order valence-corrected chi connectivity index (χ0v) is 12.5. The number of carbonyl (C=O) groups excluding carboxylic acids is 1. The van der Waals surface area contributed by atoms with Gasteiger partial charge in [-0.1, -0.05) is 18.2 Å². The van der Waals surface area contributed by atoms with Crippen LogP contribution in [0, 0.1) is 21.7 Å². The maximum atomic E-state index is 13.5. The number of benzene rings is 2. The van der Waals surface area contributed by atoms with E-state index in [1.165, 1.54) is 24.3 Å². The van der Waals surface area contributed by atoms with Gasteiger partial charge < -0.3 is 0 Å². The number of halogens is 3. The van der Waals surface area contributed by atoms with Gasteiger partial charge in [-0.2, -0.15) is 0 Å². The molecular weight excluding hydrogens is 360 g/mol. The summed E-state index contributed by atoms with van der Waals surface area (Å²) >= 11 is 3.03. The van der Waals surface area contributed by atoms with Crippen molar-refractivity contribution < 1.29 is 18.5 Å². The molecule has 0 unspecified atom stereocenters. The van der Waals surface area contributed by atoms with E-state index in [9.17, 15) is 23.7 Å². The lowest BCUT2D eigenvalue weighted by Crippen LogP contribution is -2.02. The summed E-state index contributed by atoms with van der Waals surface area (Å²) in [5.74, 6) is -2.78. The lowest BCUT2D eigenvalue weighted by atomic mass is 10.1. The molecule has 0 aliphatic carbocycles. The summed E-state index contributed by atoms with van der Waals surface area (Å²) in [6, 6.07) is 7.34. The highest BCUT2D eigenvalue weighted by atomic mass is 79.9. The fraction of sp³-hybridized carbons (Fsp3) is 0. The van der Waals surface area contributed by atoms with E-state index in [-0.39, 0.29) is 5.69 Å². The minimum Gasteiger partial charge on any atom is -0.289 e. The summed E-state index contributed by atoms with van der Waals surface area (Å²) in [5.41, 5.74) is -0.475. The van der Waals surface area contributed by atoms with E-state index in [1.807, 2.05) is 0 Å². The Morgan fingerprint density at radius 2 is 1.82 bits per heavy atom. The van der Waals surface area contributed by atoms with E-state index in [0.29, 0.717) is 10.0 Å². The molecule has 0 heterocycles. The predicted molar refractivity (Wildman–Crippen MR) is 80.5 cm³/mol. The maximum absolute atomic E-state index is 13.5. The third kappa shape index (κ3) is 3.43. The molecule has 22 heavy (non-hydrogen) atoms. The summed E-state index contributed by atoms with van der Waals surface area (Å²) in [6.45, 7) is 0. The van der Waals surface area contributed by atoms with E-state index in [4.69, 9.17) is 0 Å². The highest BCUT2D eigenvalue weighted by Crippen LogP contribution is 2.26. The van der Waals surface area contributed by atoms with E-state index in [0.717, 1.165) is 24.3 Å². The molecule has 0 aliphatic rings. The number of ketones is 1. The minimum absolute atomic E-state index is 0.174. The van der Waals surface area contributed by atoms with Crippen molar-refractivity contribution in [3.8, 4) is 0 Å². The molecule has 0 aromatic heterocycles. The monoisotopic (exact) mass is 367 g/mol. The summed E-state index contributed by atoms with van der Waals surface area (Å²) in [5, 5.41) is 10.8. The van der Waals surface area contributed by atoms with Gasteiger partial charge >= 0.3 is 0 Å². The van der Waals surface area contributed by atoms with Crippen LogP contribution in [0.15, 0.2) is 46.9 Å². The molecule has 2 aromatic rings. The van der Waals surface area contributed by atoms with Crippen LogP contribution in [-0.2, 0) is 0 Å². The van der Waals surface area contributed by atoms with Crippen LogP contribution in [0.25, 0.3) is 6.08 Å². The topological polar surface area (TPSA) is 60.2 Å². The first kappa shape index (κ1) is 16.0. The third-order valence-corrected chi connectivity index (χ3v) is 3.47. The van der Waals surface area contributed by atoms with Gasteiger partial charge in [0, 0.05) is 6.07 Å². The van der Waals surface area contributed by atoms with Crippen molar-refractivity contribution in [3.63, 3.8) is 0 Å². The molecule has 0 saturated carbocycles. The Labute approximate surface area is 132 Å². The molecule has 0 radical (unpaired) electrons. The largest absolute Gasteiger partial charge is 0.289 e. The molecule has 0 aliphatic heterocycles. The quantitative estimate of drug-likeness (QED) is 0.345. The van der Waals surface area contributed by atoms with Crippen molar-refractivity contribution in [1.82, 2.24) is 0 Å². The Bertz CT molecular complexity index is 770. The highest BCUT2D eigenvalue weighted by Gasteiger charge is 2.15. The molecule has 0 amide bonds. The second-order valence-electron chi connectivity index (χ2n) is 4.26. The zero-order valence-electron chi connectivity index (χ0n) is 10.9. The minimum atomic E-state index is -0.962. The summed E-state index contributed by atoms with van der Waals surface area (Å²) in [4.78, 5) is 22.1. The van der Waals surface area contributed by atoms with Crippen LogP contribution in [0.5, 0.6) is 0 Å². The first-order valence-corrected chi connectivity index (χ1v) is 6.80. The Balaban J connectivity index is 2.31. The number of nitro groups is 1. The molecule has 0 spiro atoms. The van der Waals surface area contributed by atoms with Crippen molar-refractivity contribution in [2.24, 2.45) is 0 Å². The smallest absolute Gasteiger partial charge is 0.284 e. The number of allylic oxidation sites excluding steroid dienone is 1. The lowest BCUT2D eigenvalue weighted by molar-refractivity contribution is -0.385. The first-order chi connectivity index (χ1) is 10.4. The molecular formula is C15H8BrF2NO3. The lowest BCUT2D eigenvalue weighted by Gasteiger charge is -2.00. The fourth-order valence-corrected chi connectivity index (χ4v) is 2.15. The average molecular weight is 368 g/mol. The number of rotatable bonds is 4.